The second-order valence-electron chi connectivity index (χ2n) is 4.23. The Morgan fingerprint density at radius 3 is 2.60 bits per heavy atom. The van der Waals surface area contributed by atoms with Crippen LogP contribution < -0.4 is 10.5 Å². The lowest BCUT2D eigenvalue weighted by Crippen LogP contribution is -1.92. The highest BCUT2D eigenvalue weighted by Gasteiger charge is 2.09. The molecular formula is C15H10Br2N2O. The molecule has 3 nitrogen and oxygen atoms in total. The van der Waals surface area contributed by atoms with Gasteiger partial charge in [-0.15, -0.1) is 0 Å². The van der Waals surface area contributed by atoms with Crippen molar-refractivity contribution in [3.63, 3.8) is 0 Å². The number of nitrogens with two attached hydrogens (primary N) is 1. The molecule has 0 unspecified atom stereocenters. The van der Waals surface area contributed by atoms with Gasteiger partial charge in [0.2, 0.25) is 0 Å². The van der Waals surface area contributed by atoms with E-state index in [2.05, 4.69) is 36.8 Å². The molecule has 0 radical (unpaired) electrons. The van der Waals surface area contributed by atoms with Gasteiger partial charge in [-0.05, 0) is 58.4 Å². The zero-order chi connectivity index (χ0) is 14.1. The zero-order valence-corrected chi connectivity index (χ0v) is 13.5. The van der Waals surface area contributed by atoms with Crippen molar-refractivity contribution in [2.45, 2.75) is 0 Å². The van der Waals surface area contributed by atoms with Crippen LogP contribution in [-0.4, -0.2) is 4.98 Å². The highest BCUT2D eigenvalue weighted by molar-refractivity contribution is 9.11. The highest BCUT2D eigenvalue weighted by atomic mass is 79.9. The van der Waals surface area contributed by atoms with Crippen LogP contribution in [0.2, 0.25) is 0 Å². The molecule has 0 saturated carbocycles. The molecule has 0 saturated heterocycles. The van der Waals surface area contributed by atoms with E-state index in [1.54, 1.807) is 6.20 Å². The summed E-state index contributed by atoms with van der Waals surface area (Å²) < 4.78 is 7.80. The van der Waals surface area contributed by atoms with Crippen LogP contribution in [0.5, 0.6) is 11.5 Å². The van der Waals surface area contributed by atoms with Gasteiger partial charge in [0.15, 0.2) is 5.75 Å². The molecule has 0 amide bonds. The molecule has 3 aromatic rings. The number of aromatic nitrogens is 1. The van der Waals surface area contributed by atoms with E-state index in [1.807, 2.05) is 42.5 Å². The van der Waals surface area contributed by atoms with E-state index in [0.717, 1.165) is 25.6 Å². The first-order chi connectivity index (χ1) is 9.65. The Labute approximate surface area is 133 Å². The molecule has 0 aliphatic rings. The van der Waals surface area contributed by atoms with Crippen LogP contribution in [0.1, 0.15) is 0 Å². The van der Waals surface area contributed by atoms with Crippen LogP contribution in [0.4, 0.5) is 5.69 Å². The Morgan fingerprint density at radius 2 is 1.80 bits per heavy atom. The minimum atomic E-state index is 0.679. The standard InChI is InChI=1S/C15H10Br2N2O/c16-9-3-5-13(11(17)8-9)20-14-6-4-12(18)10-2-1-7-19-15(10)14/h1-8H,18H2. The van der Waals surface area contributed by atoms with Gasteiger partial charge in [-0.2, -0.15) is 0 Å². The van der Waals surface area contributed by atoms with Gasteiger partial charge in [0.25, 0.3) is 0 Å². The third kappa shape index (κ3) is 2.51. The van der Waals surface area contributed by atoms with Crippen molar-refractivity contribution in [3.8, 4) is 11.5 Å². The average Bonchev–Trinajstić information content (AvgIpc) is 2.45. The van der Waals surface area contributed by atoms with E-state index in [4.69, 9.17) is 10.5 Å². The Hall–Kier alpha value is -1.59. The minimum absolute atomic E-state index is 0.679. The normalized spacial score (nSPS) is 10.7. The van der Waals surface area contributed by atoms with E-state index in [9.17, 15) is 0 Å². The summed E-state index contributed by atoms with van der Waals surface area (Å²) in [7, 11) is 0. The quantitative estimate of drug-likeness (QED) is 0.613. The SMILES string of the molecule is Nc1ccc(Oc2ccc(Br)cc2Br)c2ncccc12. The number of halogens is 2. The molecule has 0 atom stereocenters. The van der Waals surface area contributed by atoms with E-state index < -0.39 is 0 Å². The van der Waals surface area contributed by atoms with Gasteiger partial charge in [0.05, 0.1) is 4.47 Å². The van der Waals surface area contributed by atoms with Crippen LogP contribution in [0.15, 0.2) is 57.6 Å². The van der Waals surface area contributed by atoms with E-state index >= 15 is 0 Å². The summed E-state index contributed by atoms with van der Waals surface area (Å²) in [6.45, 7) is 0. The van der Waals surface area contributed by atoms with Gasteiger partial charge < -0.3 is 10.5 Å². The summed E-state index contributed by atoms with van der Waals surface area (Å²) in [5.41, 5.74) is 7.40. The lowest BCUT2D eigenvalue weighted by molar-refractivity contribution is 0.484. The fourth-order valence-electron chi connectivity index (χ4n) is 1.93. The smallest absolute Gasteiger partial charge is 0.153 e. The predicted molar refractivity (Wildman–Crippen MR) is 88.1 cm³/mol. The van der Waals surface area contributed by atoms with Crippen LogP contribution in [0, 0.1) is 0 Å². The molecule has 5 heteroatoms. The van der Waals surface area contributed by atoms with E-state index in [-0.39, 0.29) is 0 Å². The first-order valence-electron chi connectivity index (χ1n) is 5.91. The largest absolute Gasteiger partial charge is 0.454 e. The first kappa shape index (κ1) is 13.4. The van der Waals surface area contributed by atoms with Gasteiger partial charge in [0.1, 0.15) is 11.3 Å². The van der Waals surface area contributed by atoms with Gasteiger partial charge >= 0.3 is 0 Å². The summed E-state index contributed by atoms with van der Waals surface area (Å²) in [6.07, 6.45) is 1.73. The fourth-order valence-corrected chi connectivity index (χ4v) is 3.06. The third-order valence-corrected chi connectivity index (χ3v) is 3.99. The second-order valence-corrected chi connectivity index (χ2v) is 6.00. The van der Waals surface area contributed by atoms with Gasteiger partial charge in [-0.1, -0.05) is 15.9 Å². The number of anilines is 1. The zero-order valence-electron chi connectivity index (χ0n) is 10.3. The van der Waals surface area contributed by atoms with Crippen molar-refractivity contribution >= 4 is 48.5 Å². The number of fused-ring (bicyclic) bond motifs is 1. The maximum absolute atomic E-state index is 5.96. The number of hydrogen-bond acceptors (Lipinski definition) is 3. The summed E-state index contributed by atoms with van der Waals surface area (Å²) >= 11 is 6.90. The third-order valence-electron chi connectivity index (χ3n) is 2.88. The number of ether oxygens (including phenoxy) is 1. The van der Waals surface area contributed by atoms with Crippen LogP contribution in [0.3, 0.4) is 0 Å². The van der Waals surface area contributed by atoms with Crippen molar-refractivity contribution in [3.05, 3.63) is 57.6 Å². The van der Waals surface area contributed by atoms with Crippen molar-refractivity contribution in [2.75, 3.05) is 5.73 Å². The molecule has 2 N–H and O–H groups in total. The van der Waals surface area contributed by atoms with Crippen molar-refractivity contribution in [1.29, 1.82) is 0 Å². The Morgan fingerprint density at radius 1 is 1.00 bits per heavy atom. The molecule has 1 heterocycles. The molecule has 3 rings (SSSR count). The highest BCUT2D eigenvalue weighted by Crippen LogP contribution is 2.35. The minimum Gasteiger partial charge on any atom is -0.454 e. The molecule has 0 aliphatic carbocycles. The number of hydrogen-bond donors (Lipinski definition) is 1. The maximum atomic E-state index is 5.96. The lowest BCUT2D eigenvalue weighted by atomic mass is 10.1. The Bertz CT molecular complexity index is 790. The molecule has 0 fully saturated rings. The van der Waals surface area contributed by atoms with Gasteiger partial charge in [-0.25, -0.2) is 0 Å². The second kappa shape index (κ2) is 5.42. The van der Waals surface area contributed by atoms with E-state index in [1.165, 1.54) is 0 Å². The summed E-state index contributed by atoms with van der Waals surface area (Å²) in [6, 6.07) is 13.2. The number of benzene rings is 2. The predicted octanol–water partition coefficient (Wildman–Crippen LogP) is 5.13. The number of pyridine rings is 1. The van der Waals surface area contributed by atoms with Crippen molar-refractivity contribution in [1.82, 2.24) is 4.98 Å². The topological polar surface area (TPSA) is 48.1 Å². The monoisotopic (exact) mass is 392 g/mol. The summed E-state index contributed by atoms with van der Waals surface area (Å²) in [5.74, 6) is 1.41. The summed E-state index contributed by atoms with van der Waals surface area (Å²) in [5, 5.41) is 0.887. The Balaban J connectivity index is 2.09. The van der Waals surface area contributed by atoms with Gasteiger partial charge in [-0.3, -0.25) is 4.98 Å². The average molecular weight is 394 g/mol. The first-order valence-corrected chi connectivity index (χ1v) is 7.50. The molecule has 0 bridgehead atoms. The number of nitrogens with zero attached hydrogens (tertiary/aromatic N) is 1. The van der Waals surface area contributed by atoms with Crippen molar-refractivity contribution < 1.29 is 4.74 Å². The van der Waals surface area contributed by atoms with Crippen LogP contribution in [0.25, 0.3) is 10.9 Å². The molecule has 0 aliphatic heterocycles. The molecule has 20 heavy (non-hydrogen) atoms. The number of rotatable bonds is 2. The maximum Gasteiger partial charge on any atom is 0.153 e. The Kier molecular flexibility index (Phi) is 3.63. The van der Waals surface area contributed by atoms with Gasteiger partial charge in [0, 0.05) is 21.7 Å². The van der Waals surface area contributed by atoms with Crippen LogP contribution >= 0.6 is 31.9 Å². The fraction of sp³-hybridized carbons (Fsp3) is 0. The van der Waals surface area contributed by atoms with E-state index in [0.29, 0.717) is 11.4 Å². The van der Waals surface area contributed by atoms with Crippen LogP contribution in [-0.2, 0) is 0 Å². The summed E-state index contributed by atoms with van der Waals surface area (Å²) in [4.78, 5) is 4.36. The van der Waals surface area contributed by atoms with Crippen molar-refractivity contribution in [2.24, 2.45) is 0 Å². The molecule has 2 aromatic carbocycles. The molecule has 0 spiro atoms. The molecular weight excluding hydrogens is 384 g/mol. The number of nitrogen functional groups attached to an aromatic ring is 1. The lowest BCUT2D eigenvalue weighted by Gasteiger charge is -2.11. The molecule has 1 aromatic heterocycles. The molecule has 100 valence electrons.